The van der Waals surface area contributed by atoms with Gasteiger partial charge in [-0.05, 0) is 79.4 Å². The van der Waals surface area contributed by atoms with Gasteiger partial charge in [-0.2, -0.15) is 0 Å². The molecule has 0 spiro atoms. The largest absolute Gasteiger partial charge is 0.490 e. The predicted octanol–water partition coefficient (Wildman–Crippen LogP) is 6.74. The first kappa shape index (κ1) is 26.9. The van der Waals surface area contributed by atoms with Gasteiger partial charge in [-0.3, -0.25) is 9.59 Å². The van der Waals surface area contributed by atoms with Crippen molar-refractivity contribution in [3.05, 3.63) is 81.0 Å². The van der Waals surface area contributed by atoms with E-state index in [4.69, 9.17) is 9.47 Å². The van der Waals surface area contributed by atoms with Crippen molar-refractivity contribution >= 4 is 23.2 Å². The number of carbonyl (C=O) groups excluding carboxylic acids is 2. The number of rotatable bonds is 8. The first-order valence-electron chi connectivity index (χ1n) is 14.8. The molecular weight excluding hydrogens is 520 g/mol. The summed E-state index contributed by atoms with van der Waals surface area (Å²) < 4.78 is 12.0. The van der Waals surface area contributed by atoms with E-state index in [1.165, 1.54) is 11.3 Å². The van der Waals surface area contributed by atoms with Crippen LogP contribution in [0.2, 0.25) is 0 Å². The van der Waals surface area contributed by atoms with Gasteiger partial charge in [0.2, 0.25) is 5.91 Å². The average Bonchev–Trinajstić information content (AvgIpc) is 3.50. The Morgan fingerprint density at radius 1 is 0.975 bits per heavy atom. The van der Waals surface area contributed by atoms with Crippen LogP contribution < -0.4 is 9.47 Å². The van der Waals surface area contributed by atoms with E-state index in [2.05, 4.69) is 28.5 Å². The Bertz CT molecular complexity index is 1360. The molecule has 0 radical (unpaired) electrons. The molecule has 2 unspecified atom stereocenters. The number of hydrogen-bond donors (Lipinski definition) is 0. The minimum atomic E-state index is -0.484. The number of hydrogen-bond acceptors (Lipinski definition) is 5. The Hall–Kier alpha value is -3.32. The molecule has 1 aromatic heterocycles. The van der Waals surface area contributed by atoms with Gasteiger partial charge < -0.3 is 19.3 Å². The highest BCUT2D eigenvalue weighted by atomic mass is 32.1. The molecule has 2 aromatic carbocycles. The normalized spacial score (nSPS) is 20.4. The van der Waals surface area contributed by atoms with Gasteiger partial charge in [0.25, 0.3) is 5.91 Å². The number of amides is 2. The number of fused-ring (bicyclic) bond motifs is 4. The van der Waals surface area contributed by atoms with E-state index in [1.54, 1.807) is 11.3 Å². The van der Waals surface area contributed by atoms with Crippen molar-refractivity contribution in [1.29, 1.82) is 0 Å². The maximum atomic E-state index is 15.0. The fourth-order valence-electron chi connectivity index (χ4n) is 6.87. The van der Waals surface area contributed by atoms with E-state index in [0.29, 0.717) is 44.0 Å². The van der Waals surface area contributed by atoms with Crippen LogP contribution in [0.1, 0.15) is 89.8 Å². The molecule has 210 valence electrons. The molecule has 6 nitrogen and oxygen atoms in total. The van der Waals surface area contributed by atoms with Gasteiger partial charge in [0, 0.05) is 23.0 Å². The van der Waals surface area contributed by atoms with Gasteiger partial charge in [0.1, 0.15) is 0 Å². The summed E-state index contributed by atoms with van der Waals surface area (Å²) in [6, 6.07) is 15.8. The summed E-state index contributed by atoms with van der Waals surface area (Å²) in [5, 5.41) is 2.08. The molecule has 2 amide bonds. The minimum absolute atomic E-state index is 0.00428. The van der Waals surface area contributed by atoms with Gasteiger partial charge in [0.15, 0.2) is 11.5 Å². The zero-order valence-corrected chi connectivity index (χ0v) is 24.3. The first-order chi connectivity index (χ1) is 19.6. The molecule has 3 aliphatic rings. The van der Waals surface area contributed by atoms with Crippen LogP contribution >= 0.6 is 11.3 Å². The molecular formula is C33H38N2O4S. The number of nitrogens with zero attached hydrogens (tertiary/aromatic N) is 2. The molecule has 40 heavy (non-hydrogen) atoms. The van der Waals surface area contributed by atoms with Gasteiger partial charge in [0.05, 0.1) is 31.7 Å². The summed E-state index contributed by atoms with van der Waals surface area (Å²) in [7, 11) is 0. The molecule has 7 heteroatoms. The molecule has 2 atom stereocenters. The summed E-state index contributed by atoms with van der Waals surface area (Å²) in [5.74, 6) is 1.04. The third-order valence-electron chi connectivity index (χ3n) is 8.66. The first-order valence-corrected chi connectivity index (χ1v) is 15.6. The van der Waals surface area contributed by atoms with Crippen molar-refractivity contribution in [3.63, 3.8) is 0 Å². The fourth-order valence-corrected chi connectivity index (χ4v) is 7.57. The van der Waals surface area contributed by atoms with Crippen LogP contribution in [0.15, 0.2) is 53.9 Å². The third kappa shape index (κ3) is 4.89. The Kier molecular flexibility index (Phi) is 7.83. The van der Waals surface area contributed by atoms with E-state index in [9.17, 15) is 9.59 Å². The molecule has 2 aliphatic heterocycles. The van der Waals surface area contributed by atoms with Gasteiger partial charge >= 0.3 is 0 Å². The number of carbonyl (C=O) groups is 2. The highest BCUT2D eigenvalue weighted by molar-refractivity contribution is 7.09. The molecule has 1 fully saturated rings. The van der Waals surface area contributed by atoms with Crippen LogP contribution in [0.25, 0.3) is 0 Å². The van der Waals surface area contributed by atoms with Crippen molar-refractivity contribution in [1.82, 2.24) is 9.80 Å². The number of thiophene rings is 1. The van der Waals surface area contributed by atoms with Gasteiger partial charge in [-0.1, -0.05) is 43.5 Å². The Morgan fingerprint density at radius 3 is 2.45 bits per heavy atom. The van der Waals surface area contributed by atoms with Crippen LogP contribution in [-0.2, 0) is 17.8 Å². The van der Waals surface area contributed by atoms with Crippen LogP contribution in [0, 0.1) is 0 Å². The SMILES string of the molecule is CCOc1cc2c(cc1OCC)C1C(C(=O)N(Cc3cccs3)C3CCCCC3)c3ccccc3C(=O)N1CC2. The minimum Gasteiger partial charge on any atom is -0.490 e. The van der Waals surface area contributed by atoms with E-state index in [1.807, 2.05) is 49.1 Å². The molecule has 3 aromatic rings. The second-order valence-corrected chi connectivity index (χ2v) is 12.0. The van der Waals surface area contributed by atoms with Crippen LogP contribution in [0.5, 0.6) is 11.5 Å². The topological polar surface area (TPSA) is 59.1 Å². The highest BCUT2D eigenvalue weighted by Gasteiger charge is 2.48. The average molecular weight is 559 g/mol. The van der Waals surface area contributed by atoms with Crippen molar-refractivity contribution < 1.29 is 19.1 Å². The lowest BCUT2D eigenvalue weighted by Crippen LogP contribution is -2.52. The fraction of sp³-hybridized carbons (Fsp3) is 0.455. The summed E-state index contributed by atoms with van der Waals surface area (Å²) in [4.78, 5) is 34.1. The number of ether oxygens (including phenoxy) is 2. The zero-order chi connectivity index (χ0) is 27.6. The maximum Gasteiger partial charge on any atom is 0.254 e. The molecule has 0 N–H and O–H groups in total. The molecule has 0 bridgehead atoms. The van der Waals surface area contributed by atoms with Gasteiger partial charge in [-0.25, -0.2) is 0 Å². The van der Waals surface area contributed by atoms with Crippen molar-refractivity contribution in [2.45, 2.75) is 76.9 Å². The second-order valence-electron chi connectivity index (χ2n) is 11.0. The molecule has 1 aliphatic carbocycles. The van der Waals surface area contributed by atoms with Gasteiger partial charge in [-0.15, -0.1) is 11.3 Å². The highest BCUT2D eigenvalue weighted by Crippen LogP contribution is 2.49. The number of benzene rings is 2. The summed E-state index contributed by atoms with van der Waals surface area (Å²) >= 11 is 1.70. The Balaban J connectivity index is 1.49. The van der Waals surface area contributed by atoms with Crippen molar-refractivity contribution in [2.24, 2.45) is 0 Å². The van der Waals surface area contributed by atoms with E-state index in [0.717, 1.165) is 48.1 Å². The smallest absolute Gasteiger partial charge is 0.254 e. The van der Waals surface area contributed by atoms with Crippen molar-refractivity contribution in [2.75, 3.05) is 19.8 Å². The summed E-state index contributed by atoms with van der Waals surface area (Å²) in [6.07, 6.45) is 6.30. The standard InChI is InChI=1S/C33H38N2O4S/c1-3-38-28-19-22-16-17-34-31(27(22)20-29(28)39-4-2)30(25-14-8-9-15-26(25)32(34)36)33(37)35(21-24-13-10-18-40-24)23-11-6-5-7-12-23/h8-10,13-15,18-20,23,30-31H,3-7,11-12,16-17,21H2,1-2H3. The van der Waals surface area contributed by atoms with Crippen molar-refractivity contribution in [3.8, 4) is 11.5 Å². The second kappa shape index (κ2) is 11.7. The Morgan fingerprint density at radius 2 is 1.73 bits per heavy atom. The lowest BCUT2D eigenvalue weighted by atomic mass is 9.75. The Labute approximate surface area is 240 Å². The lowest BCUT2D eigenvalue weighted by molar-refractivity contribution is -0.138. The summed E-state index contributed by atoms with van der Waals surface area (Å²) in [5.41, 5.74) is 3.61. The quantitative estimate of drug-likeness (QED) is 0.307. The third-order valence-corrected chi connectivity index (χ3v) is 9.52. The summed E-state index contributed by atoms with van der Waals surface area (Å²) in [6.45, 7) is 6.16. The lowest BCUT2D eigenvalue weighted by Gasteiger charge is -2.47. The van der Waals surface area contributed by atoms with E-state index >= 15 is 0 Å². The van der Waals surface area contributed by atoms with E-state index in [-0.39, 0.29) is 23.9 Å². The maximum absolute atomic E-state index is 15.0. The van der Waals surface area contributed by atoms with Crippen LogP contribution in [-0.4, -0.2) is 47.4 Å². The predicted molar refractivity (Wildman–Crippen MR) is 157 cm³/mol. The zero-order valence-electron chi connectivity index (χ0n) is 23.4. The van der Waals surface area contributed by atoms with Crippen LogP contribution in [0.4, 0.5) is 0 Å². The molecule has 3 heterocycles. The monoisotopic (exact) mass is 558 g/mol. The molecule has 1 saturated carbocycles. The van der Waals surface area contributed by atoms with Crippen LogP contribution in [0.3, 0.4) is 0 Å². The molecule has 0 saturated heterocycles. The molecule has 6 rings (SSSR count). The van der Waals surface area contributed by atoms with E-state index < -0.39 is 5.92 Å².